The predicted molar refractivity (Wildman–Crippen MR) is 129 cm³/mol. The van der Waals surface area contributed by atoms with Crippen molar-refractivity contribution in [3.05, 3.63) is 59.7 Å². The Morgan fingerprint density at radius 2 is 1.39 bits per heavy atom. The highest BCUT2D eigenvalue weighted by atomic mass is 19.4. The highest BCUT2D eigenvalue weighted by Crippen LogP contribution is 2.44. The monoisotopic (exact) mass is 542 g/mol. The van der Waals surface area contributed by atoms with Gasteiger partial charge in [0.15, 0.2) is 0 Å². The van der Waals surface area contributed by atoms with Crippen molar-refractivity contribution >= 4 is 29.4 Å². The van der Waals surface area contributed by atoms with Crippen molar-refractivity contribution in [2.75, 3.05) is 24.7 Å². The van der Waals surface area contributed by atoms with E-state index in [9.17, 15) is 31.5 Å². The number of rotatable bonds is 9. The molecule has 1 aliphatic rings. The molecule has 0 heterocycles. The highest BCUT2D eigenvalue weighted by molar-refractivity contribution is 5.91. The molecule has 4 N–H and O–H groups in total. The van der Waals surface area contributed by atoms with Gasteiger partial charge in [0.2, 0.25) is 0 Å². The fraction of sp³-hybridized carbons (Fsp3) is 0.385. The molecule has 12 heteroatoms. The average Bonchev–Trinajstić information content (AvgIpc) is 2.85. The maximum Gasteiger partial charge on any atom is 0.400 e. The van der Waals surface area contributed by atoms with Crippen LogP contribution in [0.25, 0.3) is 6.08 Å². The molecule has 206 valence electrons. The normalized spacial score (nSPS) is 18.2. The molecule has 0 spiro atoms. The number of hydrogen-bond acceptors (Lipinski definition) is 7. The fourth-order valence-corrected chi connectivity index (χ4v) is 4.01. The standard InChI is InChI=1S/C26H27F5N2O5/c27-25(28,29)18-4-6-19(7-5-18)26(30,31)38-22-8-1-16(2-9-22)3-10-23(34)36-11-12-37-24(35)17-13-20(32)15-21(33)14-17/h1-3,8-10,13-15,18-19H,4-7,11-12,32-33H2/b10-3+. The zero-order valence-electron chi connectivity index (χ0n) is 20.2. The van der Waals surface area contributed by atoms with E-state index in [1.807, 2.05) is 0 Å². The predicted octanol–water partition coefficient (Wildman–Crippen LogP) is 5.60. The number of esters is 2. The van der Waals surface area contributed by atoms with Gasteiger partial charge in [0.05, 0.1) is 17.4 Å². The summed E-state index contributed by atoms with van der Waals surface area (Å²) in [5, 5.41) is 0. The van der Waals surface area contributed by atoms with Crippen LogP contribution < -0.4 is 16.2 Å². The van der Waals surface area contributed by atoms with Crippen LogP contribution in [0, 0.1) is 11.8 Å². The molecule has 3 rings (SSSR count). The van der Waals surface area contributed by atoms with Crippen molar-refractivity contribution in [3.8, 4) is 5.75 Å². The number of anilines is 2. The van der Waals surface area contributed by atoms with Crippen LogP contribution in [0.3, 0.4) is 0 Å². The van der Waals surface area contributed by atoms with Crippen LogP contribution in [-0.4, -0.2) is 37.4 Å². The van der Waals surface area contributed by atoms with Gasteiger partial charge < -0.3 is 25.7 Å². The molecule has 0 atom stereocenters. The highest BCUT2D eigenvalue weighted by Gasteiger charge is 2.48. The smallest absolute Gasteiger partial charge is 0.400 e. The molecule has 38 heavy (non-hydrogen) atoms. The molecule has 0 aliphatic heterocycles. The molecule has 0 bridgehead atoms. The van der Waals surface area contributed by atoms with E-state index in [1.54, 1.807) is 0 Å². The minimum atomic E-state index is -4.38. The molecule has 0 aromatic heterocycles. The third-order valence-electron chi connectivity index (χ3n) is 5.99. The molecule has 1 aliphatic carbocycles. The Morgan fingerprint density at radius 1 is 0.842 bits per heavy atom. The van der Waals surface area contributed by atoms with Crippen LogP contribution in [0.2, 0.25) is 0 Å². The fourth-order valence-electron chi connectivity index (χ4n) is 4.01. The van der Waals surface area contributed by atoms with Crippen LogP contribution in [0.4, 0.5) is 33.3 Å². The van der Waals surface area contributed by atoms with Crippen molar-refractivity contribution in [2.24, 2.45) is 11.8 Å². The zero-order valence-corrected chi connectivity index (χ0v) is 20.2. The van der Waals surface area contributed by atoms with Gasteiger partial charge in [0.1, 0.15) is 19.0 Å². The van der Waals surface area contributed by atoms with Gasteiger partial charge in [-0.05, 0) is 67.7 Å². The summed E-state index contributed by atoms with van der Waals surface area (Å²) in [5.41, 5.74) is 12.5. The van der Waals surface area contributed by atoms with E-state index < -0.39 is 36.1 Å². The number of halogens is 5. The molecular weight excluding hydrogens is 515 g/mol. The quantitative estimate of drug-likeness (QED) is 0.139. The van der Waals surface area contributed by atoms with E-state index in [0.717, 1.165) is 6.08 Å². The Hall–Kier alpha value is -3.83. The second-order valence-electron chi connectivity index (χ2n) is 8.85. The number of benzene rings is 2. The van der Waals surface area contributed by atoms with Gasteiger partial charge in [-0.25, -0.2) is 9.59 Å². The summed E-state index contributed by atoms with van der Waals surface area (Å²) in [4.78, 5) is 23.8. The lowest BCUT2D eigenvalue weighted by Gasteiger charge is -2.33. The number of carbonyl (C=O) groups excluding carboxylic acids is 2. The number of carbonyl (C=O) groups is 2. The van der Waals surface area contributed by atoms with E-state index >= 15 is 0 Å². The summed E-state index contributed by atoms with van der Waals surface area (Å²) in [6.07, 6.45) is -6.78. The van der Waals surface area contributed by atoms with E-state index in [2.05, 4.69) is 0 Å². The molecule has 0 saturated heterocycles. The third kappa shape index (κ3) is 8.35. The van der Waals surface area contributed by atoms with Crippen molar-refractivity contribution in [1.82, 2.24) is 0 Å². The Morgan fingerprint density at radius 3 is 1.97 bits per heavy atom. The van der Waals surface area contributed by atoms with Crippen molar-refractivity contribution < 1.29 is 45.8 Å². The number of nitrogens with two attached hydrogens (primary N) is 2. The molecule has 2 aromatic rings. The topological polar surface area (TPSA) is 114 Å². The molecular formula is C26H27F5N2O5. The molecule has 1 fully saturated rings. The summed E-state index contributed by atoms with van der Waals surface area (Å²) < 4.78 is 82.0. The minimum absolute atomic E-state index is 0.156. The van der Waals surface area contributed by atoms with Gasteiger partial charge in [-0.15, -0.1) is 0 Å². The first-order valence-electron chi connectivity index (χ1n) is 11.7. The first-order valence-corrected chi connectivity index (χ1v) is 11.7. The Kier molecular flexibility index (Phi) is 9.18. The lowest BCUT2D eigenvalue weighted by molar-refractivity contribution is -0.237. The zero-order chi connectivity index (χ0) is 27.9. The van der Waals surface area contributed by atoms with Gasteiger partial charge in [0, 0.05) is 17.5 Å². The summed E-state index contributed by atoms with van der Waals surface area (Å²) in [6.45, 7) is -0.412. The number of ether oxygens (including phenoxy) is 3. The second-order valence-corrected chi connectivity index (χ2v) is 8.85. The summed E-state index contributed by atoms with van der Waals surface area (Å²) in [5.74, 6) is -4.43. The lowest BCUT2D eigenvalue weighted by Crippen LogP contribution is -2.39. The first-order chi connectivity index (χ1) is 17.8. The van der Waals surface area contributed by atoms with Crippen LogP contribution in [0.1, 0.15) is 41.6 Å². The third-order valence-corrected chi connectivity index (χ3v) is 5.99. The lowest BCUT2D eigenvalue weighted by atomic mass is 9.81. The van der Waals surface area contributed by atoms with Crippen molar-refractivity contribution in [2.45, 2.75) is 38.0 Å². The van der Waals surface area contributed by atoms with Crippen LogP contribution in [0.15, 0.2) is 48.5 Å². The summed E-state index contributed by atoms with van der Waals surface area (Å²) >= 11 is 0. The summed E-state index contributed by atoms with van der Waals surface area (Å²) in [7, 11) is 0. The Balaban J connectivity index is 1.41. The maximum atomic E-state index is 14.5. The minimum Gasteiger partial charge on any atom is -0.459 e. The average molecular weight is 543 g/mol. The van der Waals surface area contributed by atoms with Crippen LogP contribution in [-0.2, 0) is 14.3 Å². The largest absolute Gasteiger partial charge is 0.459 e. The maximum absolute atomic E-state index is 14.5. The molecule has 1 saturated carbocycles. The molecule has 0 radical (unpaired) electrons. The van der Waals surface area contributed by atoms with E-state index in [0.29, 0.717) is 16.9 Å². The molecule has 0 amide bonds. The van der Waals surface area contributed by atoms with Crippen molar-refractivity contribution in [1.29, 1.82) is 0 Å². The molecule has 7 nitrogen and oxygen atoms in total. The van der Waals surface area contributed by atoms with Crippen LogP contribution >= 0.6 is 0 Å². The Labute approximate surface area is 215 Å². The molecule has 2 aromatic carbocycles. The Bertz CT molecular complexity index is 1120. The van der Waals surface area contributed by atoms with Gasteiger partial charge in [-0.1, -0.05) is 12.1 Å². The number of nitrogen functional groups attached to an aromatic ring is 2. The summed E-state index contributed by atoms with van der Waals surface area (Å²) in [6, 6.07) is 9.66. The SMILES string of the molecule is Nc1cc(N)cc(C(=O)OCCOC(=O)/C=C/c2ccc(OC(F)(F)C3CCC(C(F)(F)F)CC3)cc2)c1. The van der Waals surface area contributed by atoms with E-state index in [-0.39, 0.29) is 50.2 Å². The first kappa shape index (κ1) is 28.7. The molecule has 0 unspecified atom stereocenters. The van der Waals surface area contributed by atoms with E-state index in [1.165, 1.54) is 48.5 Å². The van der Waals surface area contributed by atoms with Gasteiger partial charge >= 0.3 is 24.2 Å². The second kappa shape index (κ2) is 12.1. The van der Waals surface area contributed by atoms with Gasteiger partial charge in [-0.2, -0.15) is 22.0 Å². The van der Waals surface area contributed by atoms with Crippen molar-refractivity contribution in [3.63, 3.8) is 0 Å². The number of alkyl halides is 5. The number of hydrogen-bond donors (Lipinski definition) is 2. The van der Waals surface area contributed by atoms with Gasteiger partial charge in [-0.3, -0.25) is 0 Å². The van der Waals surface area contributed by atoms with Gasteiger partial charge in [0.25, 0.3) is 0 Å². The van der Waals surface area contributed by atoms with E-state index in [4.69, 9.17) is 25.7 Å². The van der Waals surface area contributed by atoms with Crippen LogP contribution in [0.5, 0.6) is 5.75 Å².